The molecule has 0 unspecified atom stereocenters. The molecule has 0 aliphatic rings. The maximum atomic E-state index is 12.0. The Morgan fingerprint density at radius 2 is 1.79 bits per heavy atom. The predicted octanol–water partition coefficient (Wildman–Crippen LogP) is 2.73. The van der Waals surface area contributed by atoms with Crippen molar-refractivity contribution in [2.75, 3.05) is 4.72 Å². The highest BCUT2D eigenvalue weighted by atomic mass is 35.5. The van der Waals surface area contributed by atoms with Crippen LogP contribution in [0.4, 0.5) is 5.82 Å². The summed E-state index contributed by atoms with van der Waals surface area (Å²) in [6.45, 7) is 0. The summed E-state index contributed by atoms with van der Waals surface area (Å²) in [4.78, 5) is 7.39. The Hall–Kier alpha value is -1.37. The zero-order chi connectivity index (χ0) is 13.9. The molecule has 5 nitrogen and oxygen atoms in total. The molecule has 1 heterocycles. The average molecular weight is 318 g/mol. The molecule has 0 bridgehead atoms. The van der Waals surface area contributed by atoms with E-state index in [1.165, 1.54) is 0 Å². The highest BCUT2D eigenvalue weighted by Gasteiger charge is 2.16. The smallest absolute Gasteiger partial charge is 0.238 e. The number of sulfonamides is 1. The fourth-order valence-corrected chi connectivity index (χ4v) is 2.88. The second-order valence-corrected chi connectivity index (χ2v) is 6.13. The maximum Gasteiger partial charge on any atom is 0.238 e. The number of hydrogen-bond donors (Lipinski definition) is 1. The van der Waals surface area contributed by atoms with E-state index in [1.54, 1.807) is 24.3 Å². The SMILES string of the molecule is O=S(=O)(Cc1ccccc1)Nc1ncnc(Cl)c1Cl. The van der Waals surface area contributed by atoms with Crippen molar-refractivity contribution in [2.24, 2.45) is 0 Å². The Bertz CT molecular complexity index is 678. The van der Waals surface area contributed by atoms with Gasteiger partial charge in [0, 0.05) is 0 Å². The van der Waals surface area contributed by atoms with Gasteiger partial charge in [-0.05, 0) is 5.56 Å². The number of halogens is 2. The van der Waals surface area contributed by atoms with Gasteiger partial charge in [-0.25, -0.2) is 18.4 Å². The van der Waals surface area contributed by atoms with E-state index in [1.807, 2.05) is 6.07 Å². The van der Waals surface area contributed by atoms with Crippen molar-refractivity contribution in [3.63, 3.8) is 0 Å². The molecule has 100 valence electrons. The van der Waals surface area contributed by atoms with Crippen molar-refractivity contribution in [1.82, 2.24) is 9.97 Å². The van der Waals surface area contributed by atoms with Crippen molar-refractivity contribution in [3.05, 3.63) is 52.4 Å². The largest absolute Gasteiger partial charge is 0.266 e. The molecule has 1 N–H and O–H groups in total. The van der Waals surface area contributed by atoms with Gasteiger partial charge in [0.05, 0.1) is 5.75 Å². The summed E-state index contributed by atoms with van der Waals surface area (Å²) >= 11 is 11.5. The van der Waals surface area contributed by atoms with Crippen molar-refractivity contribution in [3.8, 4) is 0 Å². The lowest BCUT2D eigenvalue weighted by Gasteiger charge is -2.08. The number of nitrogens with one attached hydrogen (secondary N) is 1. The monoisotopic (exact) mass is 317 g/mol. The van der Waals surface area contributed by atoms with Crippen LogP contribution in [-0.2, 0) is 15.8 Å². The minimum absolute atomic E-state index is 0.00548. The van der Waals surface area contributed by atoms with Crippen LogP contribution in [0.2, 0.25) is 10.2 Å². The molecule has 0 spiro atoms. The van der Waals surface area contributed by atoms with E-state index in [-0.39, 0.29) is 21.7 Å². The number of benzene rings is 1. The van der Waals surface area contributed by atoms with E-state index < -0.39 is 10.0 Å². The molecule has 2 rings (SSSR count). The van der Waals surface area contributed by atoms with Crippen LogP contribution in [0.3, 0.4) is 0 Å². The summed E-state index contributed by atoms with van der Waals surface area (Å²) in [6.07, 6.45) is 1.13. The van der Waals surface area contributed by atoms with E-state index >= 15 is 0 Å². The normalized spacial score (nSPS) is 11.3. The third-order valence-electron chi connectivity index (χ3n) is 2.20. The fraction of sp³-hybridized carbons (Fsp3) is 0.0909. The Morgan fingerprint density at radius 3 is 2.47 bits per heavy atom. The van der Waals surface area contributed by atoms with Gasteiger partial charge in [0.1, 0.15) is 11.3 Å². The predicted molar refractivity (Wildman–Crippen MR) is 74.7 cm³/mol. The Balaban J connectivity index is 2.20. The molecule has 0 atom stereocenters. The lowest BCUT2D eigenvalue weighted by molar-refractivity contribution is 0.600. The van der Waals surface area contributed by atoms with Crippen LogP contribution < -0.4 is 4.72 Å². The van der Waals surface area contributed by atoms with Crippen LogP contribution in [0.25, 0.3) is 0 Å². The molecule has 0 fully saturated rings. The zero-order valence-electron chi connectivity index (χ0n) is 9.55. The summed E-state index contributed by atoms with van der Waals surface area (Å²) in [6, 6.07) is 8.77. The quantitative estimate of drug-likeness (QED) is 0.880. The van der Waals surface area contributed by atoms with Gasteiger partial charge in [-0.3, -0.25) is 4.72 Å². The number of rotatable bonds is 4. The van der Waals surface area contributed by atoms with Gasteiger partial charge in [-0.15, -0.1) is 0 Å². The third kappa shape index (κ3) is 3.79. The molecular weight excluding hydrogens is 309 g/mol. The Morgan fingerprint density at radius 1 is 1.11 bits per heavy atom. The second-order valence-electron chi connectivity index (χ2n) is 3.67. The van der Waals surface area contributed by atoms with Crippen LogP contribution in [0.1, 0.15) is 5.56 Å². The van der Waals surface area contributed by atoms with E-state index in [2.05, 4.69) is 14.7 Å². The van der Waals surface area contributed by atoms with E-state index in [4.69, 9.17) is 23.2 Å². The molecule has 0 amide bonds. The maximum absolute atomic E-state index is 12.0. The lowest BCUT2D eigenvalue weighted by atomic mass is 10.2. The van der Waals surface area contributed by atoms with Crippen molar-refractivity contribution in [1.29, 1.82) is 0 Å². The number of hydrogen-bond acceptors (Lipinski definition) is 4. The third-order valence-corrected chi connectivity index (χ3v) is 4.16. The first-order valence-electron chi connectivity index (χ1n) is 5.18. The minimum Gasteiger partial charge on any atom is -0.266 e. The molecule has 19 heavy (non-hydrogen) atoms. The van der Waals surface area contributed by atoms with E-state index in [0.29, 0.717) is 5.56 Å². The topological polar surface area (TPSA) is 72.0 Å². The standard InChI is InChI=1S/C11H9Cl2N3O2S/c12-9-10(13)14-7-15-11(9)16-19(17,18)6-8-4-2-1-3-5-8/h1-5,7H,6H2,(H,14,15,16). The van der Waals surface area contributed by atoms with E-state index in [9.17, 15) is 8.42 Å². The molecular formula is C11H9Cl2N3O2S. The fourth-order valence-electron chi connectivity index (χ4n) is 1.40. The molecule has 0 saturated carbocycles. The van der Waals surface area contributed by atoms with Gasteiger partial charge in [-0.1, -0.05) is 53.5 Å². The molecule has 1 aromatic heterocycles. The first kappa shape index (κ1) is 14.0. The highest BCUT2D eigenvalue weighted by Crippen LogP contribution is 2.26. The molecule has 0 radical (unpaired) electrons. The summed E-state index contributed by atoms with van der Waals surface area (Å²) in [5, 5.41) is -0.0325. The van der Waals surface area contributed by atoms with Crippen LogP contribution >= 0.6 is 23.2 Å². The van der Waals surface area contributed by atoms with Crippen LogP contribution in [-0.4, -0.2) is 18.4 Å². The van der Waals surface area contributed by atoms with E-state index in [0.717, 1.165) is 6.33 Å². The molecule has 8 heteroatoms. The molecule has 2 aromatic rings. The number of nitrogens with zero attached hydrogens (tertiary/aromatic N) is 2. The van der Waals surface area contributed by atoms with Crippen LogP contribution in [0.5, 0.6) is 0 Å². The molecule has 1 aromatic carbocycles. The second kappa shape index (κ2) is 5.73. The molecule has 0 aliphatic carbocycles. The first-order valence-corrected chi connectivity index (χ1v) is 7.59. The van der Waals surface area contributed by atoms with Crippen molar-refractivity contribution in [2.45, 2.75) is 5.75 Å². The Labute approximate surface area is 120 Å². The van der Waals surface area contributed by atoms with Gasteiger partial charge >= 0.3 is 0 Å². The van der Waals surface area contributed by atoms with Crippen LogP contribution in [0.15, 0.2) is 36.7 Å². The first-order chi connectivity index (χ1) is 8.98. The summed E-state index contributed by atoms with van der Waals surface area (Å²) in [7, 11) is -3.61. The summed E-state index contributed by atoms with van der Waals surface area (Å²) in [5.74, 6) is -0.205. The number of anilines is 1. The van der Waals surface area contributed by atoms with Gasteiger partial charge < -0.3 is 0 Å². The number of aromatic nitrogens is 2. The van der Waals surface area contributed by atoms with Gasteiger partial charge in [-0.2, -0.15) is 0 Å². The molecule has 0 saturated heterocycles. The Kier molecular flexibility index (Phi) is 4.24. The zero-order valence-corrected chi connectivity index (χ0v) is 11.9. The highest BCUT2D eigenvalue weighted by molar-refractivity contribution is 7.91. The molecule has 0 aliphatic heterocycles. The van der Waals surface area contributed by atoms with Crippen molar-refractivity contribution < 1.29 is 8.42 Å². The van der Waals surface area contributed by atoms with Crippen LogP contribution in [0, 0.1) is 0 Å². The van der Waals surface area contributed by atoms with Gasteiger partial charge in [0.15, 0.2) is 11.0 Å². The lowest BCUT2D eigenvalue weighted by Crippen LogP contribution is -2.16. The van der Waals surface area contributed by atoms with Gasteiger partial charge in [0.2, 0.25) is 10.0 Å². The average Bonchev–Trinajstić information content (AvgIpc) is 2.35. The summed E-state index contributed by atoms with van der Waals surface area (Å²) < 4.78 is 26.2. The minimum atomic E-state index is -3.61. The summed E-state index contributed by atoms with van der Waals surface area (Å²) in [5.41, 5.74) is 0.659. The van der Waals surface area contributed by atoms with Gasteiger partial charge in [0.25, 0.3) is 0 Å². The van der Waals surface area contributed by atoms with Crippen molar-refractivity contribution >= 4 is 39.0 Å².